The second-order valence-electron chi connectivity index (χ2n) is 9.93. The quantitative estimate of drug-likeness (QED) is 0.246. The summed E-state index contributed by atoms with van der Waals surface area (Å²) in [6.45, 7) is 12.1. The minimum atomic E-state index is -0.609. The van der Waals surface area contributed by atoms with Crippen LogP contribution in [-0.2, 0) is 10.2 Å². The molecule has 10 heteroatoms. The molecule has 0 atom stereocenters. The molecule has 0 saturated heterocycles. The molecule has 0 unspecified atom stereocenters. The van der Waals surface area contributed by atoms with Crippen molar-refractivity contribution in [3.05, 3.63) is 56.6 Å². The van der Waals surface area contributed by atoms with Crippen molar-refractivity contribution in [2.75, 3.05) is 13.2 Å². The van der Waals surface area contributed by atoms with E-state index in [1.807, 2.05) is 13.8 Å². The highest BCUT2D eigenvalue weighted by molar-refractivity contribution is 6.32. The minimum absolute atomic E-state index is 0.00360. The first kappa shape index (κ1) is 27.9. The Bertz CT molecular complexity index is 1110. The lowest BCUT2D eigenvalue weighted by Crippen LogP contribution is -2.26. The highest BCUT2D eigenvalue weighted by Gasteiger charge is 2.30. The lowest BCUT2D eigenvalue weighted by molar-refractivity contribution is -0.385. The number of rotatable bonds is 10. The summed E-state index contributed by atoms with van der Waals surface area (Å²) in [6.07, 6.45) is 2.15. The summed E-state index contributed by atoms with van der Waals surface area (Å²) in [5.41, 5.74) is 3.15. The smallest absolute Gasteiger partial charge is 0.311 e. The Morgan fingerprint density at radius 3 is 2.46 bits per heavy atom. The average Bonchev–Trinajstić information content (AvgIpc) is 2.74. The van der Waals surface area contributed by atoms with E-state index in [9.17, 15) is 20.0 Å². The van der Waals surface area contributed by atoms with E-state index in [-0.39, 0.29) is 38.8 Å². The van der Waals surface area contributed by atoms with Gasteiger partial charge in [-0.2, -0.15) is 5.10 Å². The zero-order chi connectivity index (χ0) is 26.4. The second-order valence-corrected chi connectivity index (χ2v) is 10.3. The van der Waals surface area contributed by atoms with E-state index in [0.717, 1.165) is 12.0 Å². The van der Waals surface area contributed by atoms with Gasteiger partial charge in [-0.1, -0.05) is 52.3 Å². The second kappa shape index (κ2) is 11.4. The van der Waals surface area contributed by atoms with Gasteiger partial charge in [-0.3, -0.25) is 14.9 Å². The molecular formula is C25H32ClN3O6. The van der Waals surface area contributed by atoms with Gasteiger partial charge in [0.25, 0.3) is 5.91 Å². The SMILES string of the molecule is CCOc1cc(/C=N/NC(=O)COc2ccc(C(C)(C)CC(C)(C)C)cc2[N+](=O)[O-])cc(Cl)c1O. The molecule has 0 fully saturated rings. The molecule has 0 spiro atoms. The average molecular weight is 506 g/mol. The number of carbonyl (C=O) groups is 1. The number of hydrogen-bond donors (Lipinski definition) is 2. The summed E-state index contributed by atoms with van der Waals surface area (Å²) in [6, 6.07) is 7.78. The van der Waals surface area contributed by atoms with E-state index in [1.54, 1.807) is 13.0 Å². The monoisotopic (exact) mass is 505 g/mol. The third-order valence-electron chi connectivity index (χ3n) is 5.02. The van der Waals surface area contributed by atoms with Crippen molar-refractivity contribution in [2.45, 2.75) is 53.4 Å². The van der Waals surface area contributed by atoms with Gasteiger partial charge in [0.05, 0.1) is 22.8 Å². The van der Waals surface area contributed by atoms with Crippen molar-refractivity contribution >= 4 is 29.4 Å². The van der Waals surface area contributed by atoms with Crippen LogP contribution in [0.15, 0.2) is 35.4 Å². The number of halogens is 1. The Hall–Kier alpha value is -3.33. The van der Waals surface area contributed by atoms with Crippen molar-refractivity contribution in [2.24, 2.45) is 10.5 Å². The molecule has 0 heterocycles. The van der Waals surface area contributed by atoms with Crippen molar-refractivity contribution in [3.8, 4) is 17.2 Å². The van der Waals surface area contributed by atoms with E-state index in [2.05, 4.69) is 31.3 Å². The number of phenols is 1. The van der Waals surface area contributed by atoms with E-state index in [4.69, 9.17) is 21.1 Å². The molecule has 2 rings (SSSR count). The molecule has 1 amide bonds. The lowest BCUT2D eigenvalue weighted by atomic mass is 9.72. The maximum Gasteiger partial charge on any atom is 0.311 e. The number of nitrogens with one attached hydrogen (secondary N) is 1. The third-order valence-corrected chi connectivity index (χ3v) is 5.31. The van der Waals surface area contributed by atoms with Gasteiger partial charge >= 0.3 is 5.69 Å². The molecule has 0 saturated carbocycles. The van der Waals surface area contributed by atoms with Gasteiger partial charge in [0.2, 0.25) is 0 Å². The highest BCUT2D eigenvalue weighted by Crippen LogP contribution is 2.39. The first-order chi connectivity index (χ1) is 16.2. The van der Waals surface area contributed by atoms with Crippen LogP contribution in [0.2, 0.25) is 5.02 Å². The van der Waals surface area contributed by atoms with E-state index >= 15 is 0 Å². The van der Waals surface area contributed by atoms with Crippen LogP contribution in [0, 0.1) is 15.5 Å². The molecule has 190 valence electrons. The summed E-state index contributed by atoms with van der Waals surface area (Å²) < 4.78 is 10.7. The summed E-state index contributed by atoms with van der Waals surface area (Å²) in [4.78, 5) is 23.3. The van der Waals surface area contributed by atoms with E-state index in [1.165, 1.54) is 30.5 Å². The van der Waals surface area contributed by atoms with Crippen LogP contribution in [0.4, 0.5) is 5.69 Å². The van der Waals surface area contributed by atoms with Crippen LogP contribution in [0.5, 0.6) is 17.2 Å². The van der Waals surface area contributed by atoms with Gasteiger partial charge in [0.15, 0.2) is 23.9 Å². The largest absolute Gasteiger partial charge is 0.503 e. The van der Waals surface area contributed by atoms with Crippen LogP contribution < -0.4 is 14.9 Å². The number of benzene rings is 2. The number of nitro benzene ring substituents is 1. The van der Waals surface area contributed by atoms with Crippen LogP contribution >= 0.6 is 11.6 Å². The molecular weight excluding hydrogens is 474 g/mol. The molecule has 0 aromatic heterocycles. The molecule has 2 N–H and O–H groups in total. The summed E-state index contributed by atoms with van der Waals surface area (Å²) >= 11 is 5.97. The molecule has 2 aromatic carbocycles. The Morgan fingerprint density at radius 1 is 1.17 bits per heavy atom. The van der Waals surface area contributed by atoms with Gasteiger partial charge in [-0.25, -0.2) is 5.43 Å². The Kier molecular flexibility index (Phi) is 9.09. The number of hydrazone groups is 1. The fraction of sp³-hybridized carbons (Fsp3) is 0.440. The minimum Gasteiger partial charge on any atom is -0.503 e. The van der Waals surface area contributed by atoms with E-state index < -0.39 is 17.4 Å². The molecule has 0 bridgehead atoms. The fourth-order valence-electron chi connectivity index (χ4n) is 3.92. The molecule has 0 aliphatic heterocycles. The van der Waals surface area contributed by atoms with Gasteiger partial charge in [0, 0.05) is 6.07 Å². The zero-order valence-electron chi connectivity index (χ0n) is 20.8. The van der Waals surface area contributed by atoms with Crippen LogP contribution in [0.3, 0.4) is 0 Å². The first-order valence-corrected chi connectivity index (χ1v) is 11.5. The van der Waals surface area contributed by atoms with Gasteiger partial charge in [-0.15, -0.1) is 0 Å². The van der Waals surface area contributed by atoms with Gasteiger partial charge in [0.1, 0.15) is 0 Å². The fourth-order valence-corrected chi connectivity index (χ4v) is 4.14. The topological polar surface area (TPSA) is 123 Å². The molecule has 0 aliphatic rings. The predicted molar refractivity (Wildman–Crippen MR) is 136 cm³/mol. The Balaban J connectivity index is 2.07. The zero-order valence-corrected chi connectivity index (χ0v) is 21.6. The molecule has 0 radical (unpaired) electrons. The maximum absolute atomic E-state index is 12.2. The predicted octanol–water partition coefficient (Wildman–Crippen LogP) is 5.60. The van der Waals surface area contributed by atoms with Gasteiger partial charge in [-0.05, 0) is 53.5 Å². The number of aromatic hydroxyl groups is 1. The Labute approximate surface area is 210 Å². The highest BCUT2D eigenvalue weighted by atomic mass is 35.5. The molecule has 9 nitrogen and oxygen atoms in total. The van der Waals surface area contributed by atoms with Crippen LogP contribution in [0.25, 0.3) is 0 Å². The number of phenolic OH excluding ortho intramolecular Hbond substituents is 1. The maximum atomic E-state index is 12.2. The molecule has 0 aliphatic carbocycles. The third kappa shape index (κ3) is 8.13. The number of carbonyl (C=O) groups excluding carboxylic acids is 1. The van der Waals surface area contributed by atoms with Crippen LogP contribution in [0.1, 0.15) is 59.1 Å². The number of nitro groups is 1. The molecule has 35 heavy (non-hydrogen) atoms. The van der Waals surface area contributed by atoms with Crippen molar-refractivity contribution in [1.82, 2.24) is 5.43 Å². The number of amides is 1. The summed E-state index contributed by atoms with van der Waals surface area (Å²) in [5, 5.41) is 25.4. The molecule has 2 aromatic rings. The van der Waals surface area contributed by atoms with Crippen molar-refractivity contribution in [3.63, 3.8) is 0 Å². The van der Waals surface area contributed by atoms with Crippen molar-refractivity contribution in [1.29, 1.82) is 0 Å². The van der Waals surface area contributed by atoms with Crippen LogP contribution in [-0.4, -0.2) is 35.4 Å². The van der Waals surface area contributed by atoms with Gasteiger partial charge < -0.3 is 14.6 Å². The standard InChI is InChI=1S/C25H32ClN3O6/c1-7-34-21-11-16(10-18(26)23(21)31)13-27-28-22(30)14-35-20-9-8-17(12-19(20)29(32)33)25(5,6)15-24(2,3)4/h8-13,31H,7,14-15H2,1-6H3,(H,28,30)/b27-13+. The Morgan fingerprint density at radius 2 is 1.86 bits per heavy atom. The number of ether oxygens (including phenoxy) is 2. The van der Waals surface area contributed by atoms with E-state index in [0.29, 0.717) is 12.2 Å². The van der Waals surface area contributed by atoms with Crippen molar-refractivity contribution < 1.29 is 24.3 Å². The normalized spacial score (nSPS) is 12.0. The number of nitrogens with zero attached hydrogens (tertiary/aromatic N) is 2. The summed E-state index contributed by atoms with van der Waals surface area (Å²) in [7, 11) is 0. The lowest BCUT2D eigenvalue weighted by Gasteiger charge is -2.33. The summed E-state index contributed by atoms with van der Waals surface area (Å²) in [5.74, 6) is -0.603. The number of hydrogen-bond acceptors (Lipinski definition) is 7. The first-order valence-electron chi connectivity index (χ1n) is 11.1.